The average Bonchev–Trinajstić information content (AvgIpc) is 2.46. The van der Waals surface area contributed by atoms with Crippen LogP contribution in [0.15, 0.2) is 47.4 Å². The van der Waals surface area contributed by atoms with Crippen LogP contribution >= 0.6 is 0 Å². The van der Waals surface area contributed by atoms with Gasteiger partial charge in [0, 0.05) is 0 Å². The molecule has 0 saturated heterocycles. The fourth-order valence-electron chi connectivity index (χ4n) is 2.02. The number of halogens is 1. The Bertz CT molecular complexity index is 852. The van der Waals surface area contributed by atoms with Crippen LogP contribution in [0.4, 0.5) is 15.8 Å². The number of hydrogen-bond donors (Lipinski definition) is 2. The maximum Gasteiger partial charge on any atom is 0.264 e. The van der Waals surface area contributed by atoms with Crippen molar-refractivity contribution < 1.29 is 22.3 Å². The van der Waals surface area contributed by atoms with E-state index >= 15 is 0 Å². The Hall–Kier alpha value is -2.61. The number of anilines is 2. The van der Waals surface area contributed by atoms with Crippen LogP contribution in [0.5, 0.6) is 5.75 Å². The molecule has 3 rings (SSSR count). The summed E-state index contributed by atoms with van der Waals surface area (Å²) < 4.78 is 45.4. The molecule has 0 atom stereocenters. The summed E-state index contributed by atoms with van der Waals surface area (Å²) in [6, 6.07) is 9.46. The summed E-state index contributed by atoms with van der Waals surface area (Å²) >= 11 is 0. The number of rotatable bonds is 3. The number of sulfonamides is 1. The van der Waals surface area contributed by atoms with Gasteiger partial charge in [-0.25, -0.2) is 12.8 Å². The van der Waals surface area contributed by atoms with Gasteiger partial charge in [0.15, 0.2) is 6.61 Å². The molecule has 0 radical (unpaired) electrons. The lowest BCUT2D eigenvalue weighted by atomic mass is 10.2. The summed E-state index contributed by atoms with van der Waals surface area (Å²) in [7, 11) is -4.06. The molecule has 0 aliphatic carbocycles. The number of amides is 1. The number of fused-ring (bicyclic) bond motifs is 1. The summed E-state index contributed by atoms with van der Waals surface area (Å²) in [4.78, 5) is 10.8. The highest BCUT2D eigenvalue weighted by atomic mass is 32.2. The third-order valence-corrected chi connectivity index (χ3v) is 4.41. The highest BCUT2D eigenvalue weighted by Crippen LogP contribution is 2.31. The number of carbonyl (C=O) groups excluding carboxylic acids is 1. The summed E-state index contributed by atoms with van der Waals surface area (Å²) in [6.45, 7) is -0.0900. The second-order valence-electron chi connectivity index (χ2n) is 4.58. The van der Waals surface area contributed by atoms with Crippen molar-refractivity contribution in [3.8, 4) is 5.75 Å². The van der Waals surface area contributed by atoms with Gasteiger partial charge in [-0.3, -0.25) is 9.52 Å². The first kappa shape index (κ1) is 14.3. The molecule has 2 aromatic rings. The Morgan fingerprint density at radius 3 is 2.73 bits per heavy atom. The molecule has 0 unspecified atom stereocenters. The normalized spacial score (nSPS) is 13.8. The lowest BCUT2D eigenvalue weighted by Gasteiger charge is -2.19. The molecule has 2 N–H and O–H groups in total. The third kappa shape index (κ3) is 2.73. The van der Waals surface area contributed by atoms with Gasteiger partial charge in [0.1, 0.15) is 16.5 Å². The largest absolute Gasteiger partial charge is 0.482 e. The number of benzene rings is 2. The van der Waals surface area contributed by atoms with Gasteiger partial charge in [0.2, 0.25) is 0 Å². The Morgan fingerprint density at radius 1 is 1.18 bits per heavy atom. The van der Waals surface area contributed by atoms with Gasteiger partial charge in [-0.1, -0.05) is 12.1 Å². The highest BCUT2D eigenvalue weighted by Gasteiger charge is 2.21. The Balaban J connectivity index is 1.92. The number of hydrogen-bond acceptors (Lipinski definition) is 4. The zero-order chi connectivity index (χ0) is 15.7. The summed E-state index contributed by atoms with van der Waals surface area (Å²) in [5.74, 6) is -0.736. The molecule has 114 valence electrons. The van der Waals surface area contributed by atoms with E-state index in [-0.39, 0.29) is 18.2 Å². The van der Waals surface area contributed by atoms with E-state index in [2.05, 4.69) is 10.0 Å². The number of nitrogens with one attached hydrogen (secondary N) is 2. The van der Waals surface area contributed by atoms with Crippen molar-refractivity contribution in [3.63, 3.8) is 0 Å². The van der Waals surface area contributed by atoms with Crippen LogP contribution in [0.2, 0.25) is 0 Å². The first-order valence-corrected chi connectivity index (χ1v) is 7.78. The second-order valence-corrected chi connectivity index (χ2v) is 6.23. The second kappa shape index (κ2) is 5.30. The minimum Gasteiger partial charge on any atom is -0.482 e. The van der Waals surface area contributed by atoms with Gasteiger partial charge in [-0.05, 0) is 30.3 Å². The Kier molecular flexibility index (Phi) is 3.45. The SMILES string of the molecule is O=C1COc2ccc(NS(=O)(=O)c3ccccc3F)cc2N1. The molecule has 2 aromatic carbocycles. The van der Waals surface area contributed by atoms with Crippen LogP contribution < -0.4 is 14.8 Å². The first-order valence-electron chi connectivity index (χ1n) is 6.30. The molecule has 0 saturated carbocycles. The third-order valence-electron chi connectivity index (χ3n) is 2.99. The van der Waals surface area contributed by atoms with Crippen molar-refractivity contribution in [3.05, 3.63) is 48.3 Å². The molecule has 6 nitrogen and oxygen atoms in total. The first-order chi connectivity index (χ1) is 10.5. The molecule has 8 heteroatoms. The van der Waals surface area contributed by atoms with Crippen molar-refractivity contribution in [2.45, 2.75) is 4.90 Å². The van der Waals surface area contributed by atoms with Gasteiger partial charge in [-0.15, -0.1) is 0 Å². The van der Waals surface area contributed by atoms with Gasteiger partial charge < -0.3 is 10.1 Å². The van der Waals surface area contributed by atoms with E-state index in [1.54, 1.807) is 0 Å². The zero-order valence-corrected chi connectivity index (χ0v) is 12.0. The lowest BCUT2D eigenvalue weighted by molar-refractivity contribution is -0.118. The van der Waals surface area contributed by atoms with Gasteiger partial charge in [-0.2, -0.15) is 0 Å². The van der Waals surface area contributed by atoms with Crippen LogP contribution in [-0.4, -0.2) is 20.9 Å². The van der Waals surface area contributed by atoms with Crippen LogP contribution in [-0.2, 0) is 14.8 Å². The molecule has 1 amide bonds. The van der Waals surface area contributed by atoms with Crippen molar-refractivity contribution >= 4 is 27.3 Å². The summed E-state index contributed by atoms with van der Waals surface area (Å²) in [5, 5.41) is 2.56. The molecular formula is C14H11FN2O4S. The van der Waals surface area contributed by atoms with Crippen LogP contribution in [0, 0.1) is 5.82 Å². The predicted octanol–water partition coefficient (Wildman–Crippen LogP) is 1.96. The Labute approximate surface area is 126 Å². The molecule has 0 aromatic heterocycles. The lowest BCUT2D eigenvalue weighted by Crippen LogP contribution is -2.25. The fraction of sp³-hybridized carbons (Fsp3) is 0.0714. The van der Waals surface area contributed by atoms with E-state index in [1.165, 1.54) is 36.4 Å². The van der Waals surface area contributed by atoms with Gasteiger partial charge in [0.25, 0.3) is 15.9 Å². The molecular weight excluding hydrogens is 311 g/mol. The smallest absolute Gasteiger partial charge is 0.264 e. The zero-order valence-electron chi connectivity index (χ0n) is 11.2. The highest BCUT2D eigenvalue weighted by molar-refractivity contribution is 7.92. The molecule has 0 spiro atoms. The fourth-order valence-corrected chi connectivity index (χ4v) is 3.15. The van der Waals surface area contributed by atoms with E-state index in [4.69, 9.17) is 4.74 Å². The standard InChI is InChI=1S/C14H11FN2O4S/c15-10-3-1-2-4-13(10)22(19,20)17-9-5-6-12-11(7-9)16-14(18)8-21-12/h1-7,17H,8H2,(H,16,18). The van der Waals surface area contributed by atoms with Crippen molar-refractivity contribution in [2.24, 2.45) is 0 Å². The van der Waals surface area contributed by atoms with Crippen molar-refractivity contribution in [2.75, 3.05) is 16.6 Å². The molecule has 0 fully saturated rings. The van der Waals surface area contributed by atoms with E-state index in [1.807, 2.05) is 0 Å². The van der Waals surface area contributed by atoms with Crippen LogP contribution in [0.3, 0.4) is 0 Å². The molecule has 22 heavy (non-hydrogen) atoms. The maximum absolute atomic E-state index is 13.6. The quantitative estimate of drug-likeness (QED) is 0.904. The average molecular weight is 322 g/mol. The minimum atomic E-state index is -4.06. The predicted molar refractivity (Wildman–Crippen MR) is 77.8 cm³/mol. The van der Waals surface area contributed by atoms with E-state index in [0.29, 0.717) is 11.4 Å². The van der Waals surface area contributed by atoms with Crippen LogP contribution in [0.1, 0.15) is 0 Å². The van der Waals surface area contributed by atoms with E-state index in [9.17, 15) is 17.6 Å². The van der Waals surface area contributed by atoms with Gasteiger partial charge >= 0.3 is 0 Å². The number of ether oxygens (including phenoxy) is 1. The van der Waals surface area contributed by atoms with Gasteiger partial charge in [0.05, 0.1) is 11.4 Å². The van der Waals surface area contributed by atoms with Crippen molar-refractivity contribution in [1.82, 2.24) is 0 Å². The minimum absolute atomic E-state index is 0.0900. The Morgan fingerprint density at radius 2 is 1.95 bits per heavy atom. The topological polar surface area (TPSA) is 84.5 Å². The molecule has 1 aliphatic heterocycles. The monoisotopic (exact) mass is 322 g/mol. The van der Waals surface area contributed by atoms with Crippen molar-refractivity contribution in [1.29, 1.82) is 0 Å². The molecule has 1 aliphatic rings. The molecule has 1 heterocycles. The van der Waals surface area contributed by atoms with E-state index in [0.717, 1.165) is 6.07 Å². The molecule has 0 bridgehead atoms. The summed E-state index contributed by atoms with van der Waals surface area (Å²) in [6.07, 6.45) is 0. The summed E-state index contributed by atoms with van der Waals surface area (Å²) in [5.41, 5.74) is 0.540. The van der Waals surface area contributed by atoms with E-state index < -0.39 is 20.7 Å². The van der Waals surface area contributed by atoms with Crippen LogP contribution in [0.25, 0.3) is 0 Å². The maximum atomic E-state index is 13.6. The number of carbonyl (C=O) groups is 1.